The zero-order valence-corrected chi connectivity index (χ0v) is 12.2. The fourth-order valence-corrected chi connectivity index (χ4v) is 4.88. The predicted molar refractivity (Wildman–Crippen MR) is 82.3 cm³/mol. The van der Waals surface area contributed by atoms with Gasteiger partial charge in [0, 0.05) is 22.3 Å². The van der Waals surface area contributed by atoms with Crippen LogP contribution in [0.2, 0.25) is 0 Å². The fraction of sp³-hybridized carbons (Fsp3) is 0.214. The number of nitrogens with one attached hydrogen (secondary N) is 1. The van der Waals surface area contributed by atoms with Gasteiger partial charge < -0.3 is 4.98 Å². The number of hydrogen-bond donors (Lipinski definition) is 1. The van der Waals surface area contributed by atoms with E-state index >= 15 is 0 Å². The van der Waals surface area contributed by atoms with E-state index in [4.69, 9.17) is 0 Å². The first kappa shape index (κ1) is 12.2. The summed E-state index contributed by atoms with van der Waals surface area (Å²) in [5.74, 6) is 2.78. The van der Waals surface area contributed by atoms with Crippen LogP contribution in [-0.2, 0) is 0 Å². The van der Waals surface area contributed by atoms with Gasteiger partial charge in [-0.05, 0) is 11.6 Å². The summed E-state index contributed by atoms with van der Waals surface area (Å²) < 4.78 is 0. The van der Waals surface area contributed by atoms with Gasteiger partial charge in [0.1, 0.15) is 16.9 Å². The summed E-state index contributed by atoms with van der Waals surface area (Å²) in [5, 5.41) is 0.988. The molecular formula is C14H12N4S2. The van der Waals surface area contributed by atoms with Gasteiger partial charge in [-0.15, -0.1) is 23.5 Å². The van der Waals surface area contributed by atoms with Gasteiger partial charge in [-0.2, -0.15) is 0 Å². The van der Waals surface area contributed by atoms with Gasteiger partial charge >= 0.3 is 0 Å². The molecule has 1 aliphatic rings. The number of aromatic nitrogens is 4. The Morgan fingerprint density at radius 3 is 3.20 bits per heavy atom. The Kier molecular flexibility index (Phi) is 3.12. The lowest BCUT2D eigenvalue weighted by Crippen LogP contribution is -2.00. The second-order valence-electron chi connectivity index (χ2n) is 4.64. The van der Waals surface area contributed by atoms with E-state index in [-0.39, 0.29) is 0 Å². The molecular weight excluding hydrogens is 288 g/mol. The van der Waals surface area contributed by atoms with Gasteiger partial charge in [-0.3, -0.25) is 0 Å². The average Bonchev–Trinajstić information content (AvgIpc) is 3.12. The molecule has 0 saturated heterocycles. The van der Waals surface area contributed by atoms with Crippen molar-refractivity contribution in [3.05, 3.63) is 42.5 Å². The van der Waals surface area contributed by atoms with E-state index in [0.29, 0.717) is 5.92 Å². The van der Waals surface area contributed by atoms with Crippen LogP contribution in [0.5, 0.6) is 0 Å². The largest absolute Gasteiger partial charge is 0.341 e. The summed E-state index contributed by atoms with van der Waals surface area (Å²) in [7, 11) is 0. The summed E-state index contributed by atoms with van der Waals surface area (Å²) in [6, 6.07) is 8.69. The van der Waals surface area contributed by atoms with E-state index in [0.717, 1.165) is 27.7 Å². The van der Waals surface area contributed by atoms with Crippen LogP contribution in [0.1, 0.15) is 11.5 Å². The highest BCUT2D eigenvalue weighted by Gasteiger charge is 2.23. The number of thioether (sulfide) groups is 2. The van der Waals surface area contributed by atoms with Crippen LogP contribution >= 0.6 is 23.5 Å². The number of rotatable bonds is 3. The second-order valence-corrected chi connectivity index (χ2v) is 6.71. The highest BCUT2D eigenvalue weighted by atomic mass is 32.2. The molecule has 1 unspecified atom stereocenters. The van der Waals surface area contributed by atoms with Crippen molar-refractivity contribution in [2.75, 3.05) is 11.5 Å². The van der Waals surface area contributed by atoms with Crippen molar-refractivity contribution in [1.29, 1.82) is 0 Å². The summed E-state index contributed by atoms with van der Waals surface area (Å²) in [4.78, 5) is 17.2. The Bertz CT molecular complexity index is 756. The molecule has 1 atom stereocenters. The van der Waals surface area contributed by atoms with Gasteiger partial charge in [0.15, 0.2) is 5.65 Å². The fourth-order valence-electron chi connectivity index (χ4n) is 2.40. The molecule has 1 aromatic carbocycles. The molecule has 0 bridgehead atoms. The number of imidazole rings is 1. The third-order valence-corrected chi connectivity index (χ3v) is 5.81. The monoisotopic (exact) mass is 300 g/mol. The van der Waals surface area contributed by atoms with Crippen molar-refractivity contribution in [2.45, 2.75) is 15.8 Å². The summed E-state index contributed by atoms with van der Waals surface area (Å²) in [6.45, 7) is 0. The minimum Gasteiger partial charge on any atom is -0.341 e. The van der Waals surface area contributed by atoms with E-state index in [9.17, 15) is 0 Å². The first-order valence-corrected chi connectivity index (χ1v) is 8.37. The minimum atomic E-state index is 0.592. The number of H-pyrrole nitrogens is 1. The normalized spacial score (nSPS) is 17.5. The molecule has 0 fully saturated rings. The molecule has 0 radical (unpaired) electrons. The molecule has 6 heteroatoms. The summed E-state index contributed by atoms with van der Waals surface area (Å²) >= 11 is 3.73. The van der Waals surface area contributed by atoms with E-state index in [2.05, 4.69) is 44.2 Å². The van der Waals surface area contributed by atoms with Gasteiger partial charge in [-0.1, -0.05) is 18.2 Å². The predicted octanol–water partition coefficient (Wildman–Crippen LogP) is 3.33. The lowest BCUT2D eigenvalue weighted by atomic mass is 10.0. The first-order valence-electron chi connectivity index (χ1n) is 6.40. The SMILES string of the molecule is c1ccc2c(c1)SCC2CSc1ncnc2nc[nH]c12. The van der Waals surface area contributed by atoms with Gasteiger partial charge in [0.2, 0.25) is 0 Å². The van der Waals surface area contributed by atoms with Crippen LogP contribution < -0.4 is 0 Å². The van der Waals surface area contributed by atoms with E-state index in [1.807, 2.05) is 11.8 Å². The Labute approximate surface area is 124 Å². The molecule has 2 aromatic heterocycles. The van der Waals surface area contributed by atoms with Gasteiger partial charge in [0.25, 0.3) is 0 Å². The molecule has 100 valence electrons. The standard InChI is InChI=1S/C14H12N4S2/c1-2-4-11-10(3-1)9(5-19-11)6-20-14-12-13(16-7-15-12)17-8-18-14/h1-4,7-9H,5-6H2,(H,15,16,17,18). The number of nitrogens with zero attached hydrogens (tertiary/aromatic N) is 3. The molecule has 1 N–H and O–H groups in total. The van der Waals surface area contributed by atoms with E-state index < -0.39 is 0 Å². The van der Waals surface area contributed by atoms with Crippen molar-refractivity contribution in [3.63, 3.8) is 0 Å². The minimum absolute atomic E-state index is 0.592. The maximum Gasteiger partial charge on any atom is 0.181 e. The third kappa shape index (κ3) is 2.09. The maximum atomic E-state index is 4.37. The molecule has 4 nitrogen and oxygen atoms in total. The Morgan fingerprint density at radius 1 is 1.25 bits per heavy atom. The topological polar surface area (TPSA) is 54.5 Å². The highest BCUT2D eigenvalue weighted by Crippen LogP contribution is 2.41. The Balaban J connectivity index is 1.56. The molecule has 0 aliphatic carbocycles. The van der Waals surface area contributed by atoms with Gasteiger partial charge in [-0.25, -0.2) is 15.0 Å². The number of aromatic amines is 1. The zero-order valence-electron chi connectivity index (χ0n) is 10.6. The van der Waals surface area contributed by atoms with Crippen molar-refractivity contribution >= 4 is 34.7 Å². The van der Waals surface area contributed by atoms with Gasteiger partial charge in [0.05, 0.1) is 6.33 Å². The molecule has 4 rings (SSSR count). The van der Waals surface area contributed by atoms with Crippen LogP contribution in [0, 0.1) is 0 Å². The molecule has 0 amide bonds. The van der Waals surface area contributed by atoms with Crippen LogP contribution in [0.3, 0.4) is 0 Å². The number of benzene rings is 1. The van der Waals surface area contributed by atoms with E-state index in [1.54, 1.807) is 24.4 Å². The molecule has 3 heterocycles. The first-order chi connectivity index (χ1) is 9.92. The second kappa shape index (κ2) is 5.10. The lowest BCUT2D eigenvalue weighted by Gasteiger charge is -2.09. The van der Waals surface area contributed by atoms with Crippen molar-refractivity contribution < 1.29 is 0 Å². The maximum absolute atomic E-state index is 4.37. The molecule has 0 spiro atoms. The Morgan fingerprint density at radius 2 is 2.20 bits per heavy atom. The Hall–Kier alpha value is -1.53. The molecule has 3 aromatic rings. The molecule has 20 heavy (non-hydrogen) atoms. The molecule has 0 saturated carbocycles. The summed E-state index contributed by atoms with van der Waals surface area (Å²) in [5.41, 5.74) is 3.15. The highest BCUT2D eigenvalue weighted by molar-refractivity contribution is 8.00. The average molecular weight is 300 g/mol. The van der Waals surface area contributed by atoms with Crippen molar-refractivity contribution in [1.82, 2.24) is 19.9 Å². The van der Waals surface area contributed by atoms with Crippen molar-refractivity contribution in [3.8, 4) is 0 Å². The quantitative estimate of drug-likeness (QED) is 0.594. The van der Waals surface area contributed by atoms with E-state index in [1.165, 1.54) is 10.5 Å². The number of hydrogen-bond acceptors (Lipinski definition) is 5. The zero-order chi connectivity index (χ0) is 13.4. The van der Waals surface area contributed by atoms with Crippen LogP contribution in [-0.4, -0.2) is 31.4 Å². The van der Waals surface area contributed by atoms with Crippen LogP contribution in [0.15, 0.2) is 46.8 Å². The lowest BCUT2D eigenvalue weighted by molar-refractivity contribution is 0.894. The van der Waals surface area contributed by atoms with Crippen LogP contribution in [0.4, 0.5) is 0 Å². The number of fused-ring (bicyclic) bond motifs is 2. The third-order valence-electron chi connectivity index (χ3n) is 3.41. The smallest absolute Gasteiger partial charge is 0.181 e. The molecule has 1 aliphatic heterocycles. The van der Waals surface area contributed by atoms with Crippen LogP contribution in [0.25, 0.3) is 11.2 Å². The van der Waals surface area contributed by atoms with Crippen molar-refractivity contribution in [2.24, 2.45) is 0 Å². The summed E-state index contributed by atoms with van der Waals surface area (Å²) in [6.07, 6.45) is 3.26.